The van der Waals surface area contributed by atoms with Gasteiger partial charge < -0.3 is 0 Å². The van der Waals surface area contributed by atoms with Gasteiger partial charge in [0, 0.05) is 18.0 Å². The molecule has 3 nitrogen and oxygen atoms in total. The number of halogens is 1. The summed E-state index contributed by atoms with van der Waals surface area (Å²) >= 11 is 7.70. The summed E-state index contributed by atoms with van der Waals surface area (Å²) in [5.41, 5.74) is 1.81. The number of carbonyl (C=O) groups excluding carboxylic acids is 1. The van der Waals surface area contributed by atoms with Crippen LogP contribution in [0.25, 0.3) is 0 Å². The van der Waals surface area contributed by atoms with E-state index in [9.17, 15) is 4.79 Å². The molecule has 3 rings (SSSR count). The van der Waals surface area contributed by atoms with E-state index < -0.39 is 0 Å². The van der Waals surface area contributed by atoms with Gasteiger partial charge in [-0.3, -0.25) is 9.69 Å². The van der Waals surface area contributed by atoms with E-state index in [4.69, 9.17) is 11.6 Å². The molecule has 0 N–H and O–H groups in total. The molecule has 0 radical (unpaired) electrons. The topological polar surface area (TPSA) is 33.2 Å². The van der Waals surface area contributed by atoms with E-state index >= 15 is 0 Å². The van der Waals surface area contributed by atoms with Gasteiger partial charge in [0.15, 0.2) is 5.13 Å². The second-order valence-electron chi connectivity index (χ2n) is 4.98. The fourth-order valence-electron chi connectivity index (χ4n) is 2.31. The van der Waals surface area contributed by atoms with Crippen LogP contribution in [0.5, 0.6) is 0 Å². The number of aryl methyl sites for hydroxylation is 1. The van der Waals surface area contributed by atoms with Crippen molar-refractivity contribution in [3.05, 3.63) is 76.8 Å². The van der Waals surface area contributed by atoms with Crippen LogP contribution >= 0.6 is 22.9 Å². The van der Waals surface area contributed by atoms with Gasteiger partial charge in [0.1, 0.15) is 0 Å². The van der Waals surface area contributed by atoms with Gasteiger partial charge >= 0.3 is 0 Å². The number of nitrogens with zero attached hydrogens (tertiary/aromatic N) is 2. The molecule has 3 aromatic rings. The molecule has 0 bridgehead atoms. The van der Waals surface area contributed by atoms with Gasteiger partial charge in [0.05, 0.1) is 10.7 Å². The Hall–Kier alpha value is -2.17. The maximum Gasteiger partial charge on any atom is 0.233 e. The third-order valence-corrected chi connectivity index (χ3v) is 4.50. The SMILES string of the molecule is O=C(CCc1ccccc1)N(c1nccs1)c1ccccc1Cl. The van der Waals surface area contributed by atoms with Gasteiger partial charge in [-0.25, -0.2) is 4.98 Å². The van der Waals surface area contributed by atoms with Crippen molar-refractivity contribution in [3.63, 3.8) is 0 Å². The van der Waals surface area contributed by atoms with Crippen molar-refractivity contribution in [2.24, 2.45) is 0 Å². The zero-order valence-corrected chi connectivity index (χ0v) is 13.9. The van der Waals surface area contributed by atoms with Crippen LogP contribution < -0.4 is 4.90 Å². The standard InChI is InChI=1S/C18H15ClN2OS/c19-15-8-4-5-9-16(15)21(18-20-12-13-23-18)17(22)11-10-14-6-2-1-3-7-14/h1-9,12-13H,10-11H2. The van der Waals surface area contributed by atoms with Gasteiger partial charge in [0.25, 0.3) is 0 Å². The molecule has 1 heterocycles. The molecular formula is C18H15ClN2OS. The van der Waals surface area contributed by atoms with Crippen LogP contribution in [0.4, 0.5) is 10.8 Å². The minimum atomic E-state index is -0.0168. The van der Waals surface area contributed by atoms with Gasteiger partial charge in [-0.05, 0) is 24.1 Å². The molecule has 0 spiro atoms. The molecule has 0 aliphatic rings. The Morgan fingerprint density at radius 1 is 1.09 bits per heavy atom. The number of hydrogen-bond acceptors (Lipinski definition) is 3. The predicted molar refractivity (Wildman–Crippen MR) is 95.5 cm³/mol. The summed E-state index contributed by atoms with van der Waals surface area (Å²) in [6, 6.07) is 17.3. The van der Waals surface area contributed by atoms with Crippen molar-refractivity contribution < 1.29 is 4.79 Å². The number of hydrogen-bond donors (Lipinski definition) is 0. The molecule has 0 unspecified atom stereocenters. The van der Waals surface area contributed by atoms with Crippen molar-refractivity contribution in [2.75, 3.05) is 4.90 Å². The average molecular weight is 343 g/mol. The van der Waals surface area contributed by atoms with Crippen molar-refractivity contribution in [3.8, 4) is 0 Å². The fraction of sp³-hybridized carbons (Fsp3) is 0.111. The lowest BCUT2D eigenvalue weighted by Crippen LogP contribution is -2.26. The van der Waals surface area contributed by atoms with E-state index in [-0.39, 0.29) is 5.91 Å². The summed E-state index contributed by atoms with van der Waals surface area (Å²) in [7, 11) is 0. The first kappa shape index (κ1) is 15.7. The van der Waals surface area contributed by atoms with E-state index in [2.05, 4.69) is 4.98 Å². The second kappa shape index (κ2) is 7.40. The van der Waals surface area contributed by atoms with Crippen LogP contribution in [0.1, 0.15) is 12.0 Å². The Labute approximate surface area is 144 Å². The second-order valence-corrected chi connectivity index (χ2v) is 6.26. The number of thiazole rings is 1. The largest absolute Gasteiger partial charge is 0.274 e. The molecule has 23 heavy (non-hydrogen) atoms. The minimum Gasteiger partial charge on any atom is -0.274 e. The number of rotatable bonds is 5. The normalized spacial score (nSPS) is 10.5. The third kappa shape index (κ3) is 3.78. The van der Waals surface area contributed by atoms with Crippen LogP contribution in [0.2, 0.25) is 5.02 Å². The highest BCUT2D eigenvalue weighted by molar-refractivity contribution is 7.13. The zero-order chi connectivity index (χ0) is 16.1. The Bertz CT molecular complexity index is 775. The summed E-state index contributed by atoms with van der Waals surface area (Å²) in [4.78, 5) is 18.7. The molecule has 0 fully saturated rings. The molecule has 0 saturated heterocycles. The van der Waals surface area contributed by atoms with Crippen LogP contribution in [-0.2, 0) is 11.2 Å². The fourth-order valence-corrected chi connectivity index (χ4v) is 3.20. The van der Waals surface area contributed by atoms with Crippen LogP contribution in [-0.4, -0.2) is 10.9 Å². The van der Waals surface area contributed by atoms with Crippen molar-refractivity contribution in [1.82, 2.24) is 4.98 Å². The Balaban J connectivity index is 1.84. The van der Waals surface area contributed by atoms with Crippen LogP contribution in [0, 0.1) is 0 Å². The van der Waals surface area contributed by atoms with Gasteiger partial charge in [-0.1, -0.05) is 54.1 Å². The summed E-state index contributed by atoms with van der Waals surface area (Å²) in [5, 5.41) is 3.02. The summed E-state index contributed by atoms with van der Waals surface area (Å²) < 4.78 is 0. The molecule has 1 aromatic heterocycles. The lowest BCUT2D eigenvalue weighted by molar-refractivity contribution is -0.117. The van der Waals surface area contributed by atoms with E-state index in [1.54, 1.807) is 17.2 Å². The smallest absolute Gasteiger partial charge is 0.233 e. The van der Waals surface area contributed by atoms with Crippen LogP contribution in [0.15, 0.2) is 66.2 Å². The maximum atomic E-state index is 12.8. The maximum absolute atomic E-state index is 12.8. The number of carbonyl (C=O) groups is 1. The molecule has 0 saturated carbocycles. The number of aromatic nitrogens is 1. The molecule has 2 aromatic carbocycles. The minimum absolute atomic E-state index is 0.0168. The molecule has 0 aliphatic heterocycles. The van der Waals surface area contributed by atoms with Crippen molar-refractivity contribution in [1.29, 1.82) is 0 Å². The van der Waals surface area contributed by atoms with E-state index in [1.807, 2.05) is 53.9 Å². The van der Waals surface area contributed by atoms with Crippen molar-refractivity contribution in [2.45, 2.75) is 12.8 Å². The van der Waals surface area contributed by atoms with Gasteiger partial charge in [0.2, 0.25) is 5.91 Å². The van der Waals surface area contributed by atoms with Crippen molar-refractivity contribution >= 4 is 39.7 Å². The van der Waals surface area contributed by atoms with Gasteiger partial charge in [-0.15, -0.1) is 11.3 Å². The lowest BCUT2D eigenvalue weighted by Gasteiger charge is -2.21. The summed E-state index contributed by atoms with van der Waals surface area (Å²) in [6.07, 6.45) is 2.77. The highest BCUT2D eigenvalue weighted by atomic mass is 35.5. The first-order valence-electron chi connectivity index (χ1n) is 7.26. The Morgan fingerprint density at radius 3 is 2.52 bits per heavy atom. The number of anilines is 2. The zero-order valence-electron chi connectivity index (χ0n) is 12.4. The monoisotopic (exact) mass is 342 g/mol. The Kier molecular flexibility index (Phi) is 5.05. The average Bonchev–Trinajstić information content (AvgIpc) is 3.10. The third-order valence-electron chi connectivity index (χ3n) is 3.42. The molecule has 116 valence electrons. The Morgan fingerprint density at radius 2 is 1.83 bits per heavy atom. The highest BCUT2D eigenvalue weighted by Gasteiger charge is 2.21. The molecule has 0 aliphatic carbocycles. The highest BCUT2D eigenvalue weighted by Crippen LogP contribution is 2.33. The molecular weight excluding hydrogens is 328 g/mol. The predicted octanol–water partition coefficient (Wildman–Crippen LogP) is 5.09. The number of amides is 1. The summed E-state index contributed by atoms with van der Waals surface area (Å²) in [6.45, 7) is 0. The first-order valence-corrected chi connectivity index (χ1v) is 8.52. The molecule has 1 amide bonds. The first-order chi connectivity index (χ1) is 11.3. The number of para-hydroxylation sites is 1. The van der Waals surface area contributed by atoms with Gasteiger partial charge in [-0.2, -0.15) is 0 Å². The number of benzene rings is 2. The molecule has 0 atom stereocenters. The van der Waals surface area contributed by atoms with E-state index in [0.29, 0.717) is 28.7 Å². The van der Waals surface area contributed by atoms with Crippen LogP contribution in [0.3, 0.4) is 0 Å². The van der Waals surface area contributed by atoms with E-state index in [1.165, 1.54) is 11.3 Å². The van der Waals surface area contributed by atoms with E-state index in [0.717, 1.165) is 5.56 Å². The summed E-state index contributed by atoms with van der Waals surface area (Å²) in [5.74, 6) is -0.0168. The quantitative estimate of drug-likeness (QED) is 0.646. The lowest BCUT2D eigenvalue weighted by atomic mass is 10.1. The molecule has 5 heteroatoms.